The Bertz CT molecular complexity index is 586. The van der Waals surface area contributed by atoms with Gasteiger partial charge in [0.15, 0.2) is 0 Å². The average Bonchev–Trinajstić information content (AvgIpc) is 3.24. The van der Waals surface area contributed by atoms with Gasteiger partial charge in [-0.05, 0) is 51.5 Å². The predicted molar refractivity (Wildman–Crippen MR) is 94.9 cm³/mol. The Morgan fingerprint density at radius 2 is 2.24 bits per heavy atom. The third kappa shape index (κ3) is 3.57. The SMILES string of the molecule is CN(CC(=O)N[C@H]1[C@H]2CCO[C@H]2[C@@H]1N1CCCC1)Cc1ccccn1. The van der Waals surface area contributed by atoms with Crippen LogP contribution in [-0.4, -0.2) is 72.2 Å². The molecule has 0 unspecified atom stereocenters. The number of hydrogen-bond acceptors (Lipinski definition) is 5. The highest BCUT2D eigenvalue weighted by Crippen LogP contribution is 2.42. The summed E-state index contributed by atoms with van der Waals surface area (Å²) < 4.78 is 5.94. The molecule has 3 fully saturated rings. The van der Waals surface area contributed by atoms with Crippen molar-refractivity contribution in [2.45, 2.75) is 44.0 Å². The molecule has 4 atom stereocenters. The first kappa shape index (κ1) is 16.9. The van der Waals surface area contributed by atoms with E-state index in [4.69, 9.17) is 4.74 Å². The zero-order valence-corrected chi connectivity index (χ0v) is 14.9. The number of nitrogens with one attached hydrogen (secondary N) is 1. The first-order chi connectivity index (χ1) is 12.2. The minimum atomic E-state index is 0.109. The Morgan fingerprint density at radius 1 is 1.40 bits per heavy atom. The molecule has 0 aromatic carbocycles. The van der Waals surface area contributed by atoms with Gasteiger partial charge in [0.1, 0.15) is 0 Å². The molecule has 2 aliphatic heterocycles. The Balaban J connectivity index is 1.31. The first-order valence-electron chi connectivity index (χ1n) is 9.46. The zero-order valence-electron chi connectivity index (χ0n) is 14.9. The second kappa shape index (κ2) is 7.40. The largest absolute Gasteiger partial charge is 0.376 e. The second-order valence-electron chi connectivity index (χ2n) is 7.61. The van der Waals surface area contributed by atoms with E-state index in [0.717, 1.165) is 31.8 Å². The van der Waals surface area contributed by atoms with Crippen molar-refractivity contribution in [3.8, 4) is 0 Å². The highest BCUT2D eigenvalue weighted by molar-refractivity contribution is 5.78. The second-order valence-corrected chi connectivity index (χ2v) is 7.61. The number of ether oxygens (including phenoxy) is 1. The molecule has 1 saturated carbocycles. The Hall–Kier alpha value is -1.50. The van der Waals surface area contributed by atoms with Gasteiger partial charge in [-0.1, -0.05) is 6.07 Å². The van der Waals surface area contributed by atoms with Gasteiger partial charge in [-0.3, -0.25) is 19.6 Å². The molecule has 1 aliphatic carbocycles. The lowest BCUT2D eigenvalue weighted by molar-refractivity contribution is -0.129. The summed E-state index contributed by atoms with van der Waals surface area (Å²) in [5, 5.41) is 3.31. The first-order valence-corrected chi connectivity index (χ1v) is 9.46. The number of pyridine rings is 1. The van der Waals surface area contributed by atoms with Gasteiger partial charge in [0, 0.05) is 25.3 Å². The van der Waals surface area contributed by atoms with Crippen molar-refractivity contribution in [3.63, 3.8) is 0 Å². The highest BCUT2D eigenvalue weighted by atomic mass is 16.5. The summed E-state index contributed by atoms with van der Waals surface area (Å²) in [5.74, 6) is 0.605. The number of carbonyl (C=O) groups excluding carboxylic acids is 1. The van der Waals surface area contributed by atoms with Gasteiger partial charge < -0.3 is 10.1 Å². The fourth-order valence-electron chi connectivity index (χ4n) is 4.64. The van der Waals surface area contributed by atoms with Crippen molar-refractivity contribution in [1.29, 1.82) is 0 Å². The number of nitrogens with zero attached hydrogens (tertiary/aromatic N) is 3. The summed E-state index contributed by atoms with van der Waals surface area (Å²) >= 11 is 0. The molecule has 1 aromatic rings. The average molecular weight is 344 g/mol. The van der Waals surface area contributed by atoms with Crippen LogP contribution in [0.25, 0.3) is 0 Å². The van der Waals surface area contributed by atoms with Crippen molar-refractivity contribution in [1.82, 2.24) is 20.1 Å². The number of rotatable bonds is 6. The van der Waals surface area contributed by atoms with E-state index in [1.165, 1.54) is 12.8 Å². The van der Waals surface area contributed by atoms with Gasteiger partial charge in [-0.2, -0.15) is 0 Å². The number of amides is 1. The fourth-order valence-corrected chi connectivity index (χ4v) is 4.64. The molecule has 6 heteroatoms. The highest BCUT2D eigenvalue weighted by Gasteiger charge is 2.56. The molecule has 0 bridgehead atoms. The van der Waals surface area contributed by atoms with Crippen LogP contribution in [-0.2, 0) is 16.1 Å². The summed E-state index contributed by atoms with van der Waals surface area (Å²) in [5.41, 5.74) is 0.987. The molecule has 1 N–H and O–H groups in total. The molecular formula is C19H28N4O2. The summed E-state index contributed by atoms with van der Waals surface area (Å²) in [6, 6.07) is 6.50. The number of likely N-dealkylation sites (N-methyl/N-ethyl adjacent to an activating group) is 1. The number of hydrogen-bond donors (Lipinski definition) is 1. The van der Waals surface area contributed by atoms with Crippen molar-refractivity contribution in [3.05, 3.63) is 30.1 Å². The Kier molecular flexibility index (Phi) is 5.01. The lowest BCUT2D eigenvalue weighted by Gasteiger charge is -2.51. The van der Waals surface area contributed by atoms with Gasteiger partial charge in [-0.15, -0.1) is 0 Å². The van der Waals surface area contributed by atoms with Gasteiger partial charge >= 0.3 is 0 Å². The van der Waals surface area contributed by atoms with Crippen LogP contribution in [0.1, 0.15) is 25.0 Å². The summed E-state index contributed by atoms with van der Waals surface area (Å²) in [7, 11) is 1.97. The minimum absolute atomic E-state index is 0.109. The fraction of sp³-hybridized carbons (Fsp3) is 0.684. The maximum Gasteiger partial charge on any atom is 0.234 e. The van der Waals surface area contributed by atoms with Crippen molar-refractivity contribution in [2.75, 3.05) is 33.3 Å². The smallest absolute Gasteiger partial charge is 0.234 e. The Morgan fingerprint density at radius 3 is 3.00 bits per heavy atom. The van der Waals surface area contributed by atoms with Crippen LogP contribution in [0.4, 0.5) is 0 Å². The molecule has 6 nitrogen and oxygen atoms in total. The summed E-state index contributed by atoms with van der Waals surface area (Å²) in [6.45, 7) is 4.21. The molecule has 3 heterocycles. The standard InChI is InChI=1S/C19H28N4O2/c1-22(12-14-6-2-3-8-20-14)13-16(24)21-17-15-7-11-25-19(15)18(17)23-9-4-5-10-23/h2-3,6,8,15,17-19H,4-5,7,9-13H2,1H3,(H,21,24)/t15-,17+,18-,19-/m1/s1. The van der Waals surface area contributed by atoms with Gasteiger partial charge in [-0.25, -0.2) is 0 Å². The van der Waals surface area contributed by atoms with E-state index in [0.29, 0.717) is 31.2 Å². The van der Waals surface area contributed by atoms with E-state index in [1.54, 1.807) is 6.20 Å². The molecule has 3 aliphatic rings. The van der Waals surface area contributed by atoms with E-state index >= 15 is 0 Å². The minimum Gasteiger partial charge on any atom is -0.376 e. The third-order valence-electron chi connectivity index (χ3n) is 5.81. The molecule has 4 rings (SSSR count). The van der Waals surface area contributed by atoms with Gasteiger partial charge in [0.25, 0.3) is 0 Å². The topological polar surface area (TPSA) is 57.7 Å². The van der Waals surface area contributed by atoms with Crippen LogP contribution in [0, 0.1) is 5.92 Å². The molecule has 0 spiro atoms. The van der Waals surface area contributed by atoms with E-state index in [1.807, 2.05) is 30.1 Å². The molecule has 2 saturated heterocycles. The van der Waals surface area contributed by atoms with Gasteiger partial charge in [0.2, 0.25) is 5.91 Å². The molecule has 1 amide bonds. The monoisotopic (exact) mass is 344 g/mol. The molecule has 1 aromatic heterocycles. The van der Waals surface area contributed by atoms with Crippen LogP contribution in [0.3, 0.4) is 0 Å². The number of fused-ring (bicyclic) bond motifs is 1. The molecular weight excluding hydrogens is 316 g/mol. The van der Waals surface area contributed by atoms with E-state index in [-0.39, 0.29) is 11.9 Å². The number of carbonyl (C=O) groups is 1. The van der Waals surface area contributed by atoms with Crippen molar-refractivity contribution >= 4 is 5.91 Å². The lowest BCUT2D eigenvalue weighted by Crippen LogP contribution is -2.70. The lowest BCUT2D eigenvalue weighted by atomic mass is 9.70. The third-order valence-corrected chi connectivity index (χ3v) is 5.81. The molecule has 25 heavy (non-hydrogen) atoms. The maximum atomic E-state index is 12.6. The normalized spacial score (nSPS) is 31.8. The van der Waals surface area contributed by atoms with Crippen LogP contribution >= 0.6 is 0 Å². The van der Waals surface area contributed by atoms with Crippen LogP contribution in [0.2, 0.25) is 0 Å². The number of aromatic nitrogens is 1. The molecule has 0 radical (unpaired) electrons. The maximum absolute atomic E-state index is 12.6. The van der Waals surface area contributed by atoms with Crippen LogP contribution < -0.4 is 5.32 Å². The van der Waals surface area contributed by atoms with Crippen LogP contribution in [0.15, 0.2) is 24.4 Å². The van der Waals surface area contributed by atoms with E-state index in [9.17, 15) is 4.79 Å². The van der Waals surface area contributed by atoms with Crippen LogP contribution in [0.5, 0.6) is 0 Å². The van der Waals surface area contributed by atoms with Gasteiger partial charge in [0.05, 0.1) is 30.4 Å². The molecule has 136 valence electrons. The van der Waals surface area contributed by atoms with Crippen molar-refractivity contribution in [2.24, 2.45) is 5.92 Å². The zero-order chi connectivity index (χ0) is 17.2. The van der Waals surface area contributed by atoms with E-state index in [2.05, 4.69) is 15.2 Å². The summed E-state index contributed by atoms with van der Waals surface area (Å²) in [4.78, 5) is 21.4. The summed E-state index contributed by atoms with van der Waals surface area (Å²) in [6.07, 6.45) is 5.72. The van der Waals surface area contributed by atoms with Crippen molar-refractivity contribution < 1.29 is 9.53 Å². The Labute approximate surface area is 149 Å². The van der Waals surface area contributed by atoms with E-state index < -0.39 is 0 Å². The quantitative estimate of drug-likeness (QED) is 0.830. The predicted octanol–water partition coefficient (Wildman–Crippen LogP) is 0.881. The number of likely N-dealkylation sites (tertiary alicyclic amines) is 1.